The molecule has 0 unspecified atom stereocenters. The Bertz CT molecular complexity index is 1200. The predicted octanol–water partition coefficient (Wildman–Crippen LogP) is 3.30. The molecule has 34 heavy (non-hydrogen) atoms. The van der Waals surface area contributed by atoms with Crippen molar-refractivity contribution in [1.82, 2.24) is 9.80 Å². The number of benzene rings is 2. The normalized spacial score (nSPS) is 16.8. The van der Waals surface area contributed by atoms with E-state index in [0.717, 1.165) is 28.6 Å². The van der Waals surface area contributed by atoms with Crippen LogP contribution >= 0.6 is 23.5 Å². The second kappa shape index (κ2) is 10.4. The first-order valence-electron chi connectivity index (χ1n) is 10.5. The maximum absolute atomic E-state index is 12.8. The number of imide groups is 1. The van der Waals surface area contributed by atoms with Gasteiger partial charge in [-0.2, -0.15) is 0 Å². The molecule has 0 atom stereocenters. The summed E-state index contributed by atoms with van der Waals surface area (Å²) in [6.45, 7) is 0.498. The van der Waals surface area contributed by atoms with Gasteiger partial charge in [-0.25, -0.2) is 0 Å². The second-order valence-electron chi connectivity index (χ2n) is 7.66. The van der Waals surface area contributed by atoms with Gasteiger partial charge in [0.25, 0.3) is 16.8 Å². The maximum atomic E-state index is 12.8. The molecule has 11 heteroatoms. The Balaban J connectivity index is 1.47. The van der Waals surface area contributed by atoms with Crippen LogP contribution in [0.25, 0.3) is 6.08 Å². The number of aliphatic hydroxyl groups is 1. The zero-order valence-electron chi connectivity index (χ0n) is 18.0. The lowest BCUT2D eigenvalue weighted by molar-refractivity contribution is -0.387. The zero-order valence-corrected chi connectivity index (χ0v) is 19.6. The highest BCUT2D eigenvalue weighted by atomic mass is 32.2. The minimum atomic E-state index is -0.595. The minimum Gasteiger partial charge on any atom is -0.396 e. The van der Waals surface area contributed by atoms with E-state index in [1.54, 1.807) is 17.0 Å². The van der Waals surface area contributed by atoms with E-state index in [4.69, 9.17) is 5.11 Å². The molecule has 1 fully saturated rings. The van der Waals surface area contributed by atoms with Crippen molar-refractivity contribution in [2.24, 2.45) is 0 Å². The monoisotopic (exact) mass is 499 g/mol. The van der Waals surface area contributed by atoms with E-state index in [-0.39, 0.29) is 29.7 Å². The third kappa shape index (κ3) is 5.16. The Kier molecular flexibility index (Phi) is 7.35. The van der Waals surface area contributed by atoms with E-state index in [1.165, 1.54) is 17.7 Å². The van der Waals surface area contributed by atoms with Crippen LogP contribution in [-0.4, -0.2) is 62.3 Å². The van der Waals surface area contributed by atoms with Gasteiger partial charge in [-0.05, 0) is 47.0 Å². The lowest BCUT2D eigenvalue weighted by atomic mass is 10.00. The van der Waals surface area contributed by atoms with Gasteiger partial charge in [0.1, 0.15) is 6.54 Å². The standard InChI is InChI=1S/C23H21N3O6S2/c27-9-10-33-19-6-5-15(11-18(19)26(31)32)12-20-22(29)25(23(30)34-20)14-21(28)24-8-7-16-3-1-2-4-17(16)13-24/h1-6,11-12,27H,7-10,13-14H2. The number of nitrogens with zero attached hydrogens (tertiary/aromatic N) is 3. The summed E-state index contributed by atoms with van der Waals surface area (Å²) >= 11 is 1.86. The van der Waals surface area contributed by atoms with Gasteiger partial charge < -0.3 is 10.0 Å². The van der Waals surface area contributed by atoms with Gasteiger partial charge in [-0.3, -0.25) is 29.4 Å². The van der Waals surface area contributed by atoms with E-state index in [9.17, 15) is 24.5 Å². The Morgan fingerprint density at radius 3 is 2.71 bits per heavy atom. The molecule has 1 saturated heterocycles. The van der Waals surface area contributed by atoms with Crippen LogP contribution in [0, 0.1) is 10.1 Å². The van der Waals surface area contributed by atoms with Crippen molar-refractivity contribution >= 4 is 52.3 Å². The molecule has 4 rings (SSSR count). The number of nitro groups is 1. The highest BCUT2D eigenvalue weighted by molar-refractivity contribution is 8.18. The molecule has 176 valence electrons. The fourth-order valence-electron chi connectivity index (χ4n) is 3.78. The third-order valence-corrected chi connectivity index (χ3v) is 7.43. The third-order valence-electron chi connectivity index (χ3n) is 5.48. The summed E-state index contributed by atoms with van der Waals surface area (Å²) < 4.78 is 0. The van der Waals surface area contributed by atoms with Gasteiger partial charge in [0.05, 0.1) is 21.3 Å². The summed E-state index contributed by atoms with van der Waals surface area (Å²) in [6, 6.07) is 12.3. The number of carbonyl (C=O) groups excluding carboxylic acids is 3. The van der Waals surface area contributed by atoms with Crippen molar-refractivity contribution in [1.29, 1.82) is 0 Å². The van der Waals surface area contributed by atoms with Crippen LogP contribution in [0.5, 0.6) is 0 Å². The summed E-state index contributed by atoms with van der Waals surface area (Å²) in [5.41, 5.74) is 2.49. The molecule has 1 N–H and O–H groups in total. The summed E-state index contributed by atoms with van der Waals surface area (Å²) in [7, 11) is 0. The van der Waals surface area contributed by atoms with Gasteiger partial charge in [-0.15, -0.1) is 11.8 Å². The number of amides is 3. The van der Waals surface area contributed by atoms with Crippen LogP contribution in [0.1, 0.15) is 16.7 Å². The molecule has 2 aromatic carbocycles. The van der Waals surface area contributed by atoms with Crippen molar-refractivity contribution < 1.29 is 24.4 Å². The predicted molar refractivity (Wildman–Crippen MR) is 129 cm³/mol. The lowest BCUT2D eigenvalue weighted by Crippen LogP contribution is -2.44. The molecule has 2 aromatic rings. The Morgan fingerprint density at radius 2 is 1.97 bits per heavy atom. The quantitative estimate of drug-likeness (QED) is 0.267. The van der Waals surface area contributed by atoms with E-state index >= 15 is 0 Å². The van der Waals surface area contributed by atoms with Crippen LogP contribution in [0.15, 0.2) is 52.3 Å². The van der Waals surface area contributed by atoms with Gasteiger partial charge in [-0.1, -0.05) is 30.3 Å². The molecule has 0 radical (unpaired) electrons. The van der Waals surface area contributed by atoms with Gasteiger partial charge >= 0.3 is 0 Å². The molecule has 0 aromatic heterocycles. The van der Waals surface area contributed by atoms with Gasteiger partial charge in [0, 0.05) is 24.9 Å². The van der Waals surface area contributed by atoms with Gasteiger partial charge in [0.15, 0.2) is 0 Å². The molecule has 9 nitrogen and oxygen atoms in total. The number of nitro benzene ring substituents is 1. The molecular weight excluding hydrogens is 478 g/mol. The first-order valence-corrected chi connectivity index (χ1v) is 12.3. The Labute approximate surface area is 203 Å². The minimum absolute atomic E-state index is 0.104. The molecule has 3 amide bonds. The Hall–Kier alpha value is -3.15. The summed E-state index contributed by atoms with van der Waals surface area (Å²) in [4.78, 5) is 52.1. The lowest BCUT2D eigenvalue weighted by Gasteiger charge is -2.29. The number of thioether (sulfide) groups is 2. The van der Waals surface area contributed by atoms with Gasteiger partial charge in [0.2, 0.25) is 5.91 Å². The number of rotatable bonds is 7. The number of carbonyl (C=O) groups is 3. The highest BCUT2D eigenvalue weighted by Crippen LogP contribution is 2.35. The van der Waals surface area contributed by atoms with Crippen molar-refractivity contribution in [2.75, 3.05) is 25.4 Å². The topological polar surface area (TPSA) is 121 Å². The van der Waals surface area contributed by atoms with Crippen LogP contribution in [-0.2, 0) is 22.6 Å². The summed E-state index contributed by atoms with van der Waals surface area (Å²) in [5.74, 6) is -0.587. The number of fused-ring (bicyclic) bond motifs is 1. The van der Waals surface area contributed by atoms with E-state index in [1.807, 2.05) is 24.3 Å². The average Bonchev–Trinajstić information content (AvgIpc) is 3.09. The van der Waals surface area contributed by atoms with Crippen LogP contribution in [0.3, 0.4) is 0 Å². The first kappa shape index (κ1) is 24.0. The van der Waals surface area contributed by atoms with E-state index < -0.39 is 16.1 Å². The highest BCUT2D eigenvalue weighted by Gasteiger charge is 2.37. The number of aliphatic hydroxyl groups excluding tert-OH is 1. The fourth-order valence-corrected chi connectivity index (χ4v) is 5.37. The van der Waals surface area contributed by atoms with Crippen LogP contribution in [0.4, 0.5) is 10.5 Å². The molecule has 2 aliphatic rings. The summed E-state index contributed by atoms with van der Waals surface area (Å²) in [6.07, 6.45) is 2.13. The van der Waals surface area contributed by atoms with E-state index in [2.05, 4.69) is 0 Å². The molecule has 2 heterocycles. The average molecular weight is 500 g/mol. The SMILES string of the molecule is O=C(CN1C(=O)SC(=Cc2ccc(SCCO)c([N+](=O)[O-])c2)C1=O)N1CCc2ccccc2C1. The van der Waals surface area contributed by atoms with Crippen molar-refractivity contribution in [2.45, 2.75) is 17.9 Å². The maximum Gasteiger partial charge on any atom is 0.294 e. The van der Waals surface area contributed by atoms with Crippen LogP contribution in [0.2, 0.25) is 0 Å². The smallest absolute Gasteiger partial charge is 0.294 e. The number of hydrogen-bond donors (Lipinski definition) is 1. The van der Waals surface area contributed by atoms with Crippen LogP contribution < -0.4 is 0 Å². The number of hydrogen-bond acceptors (Lipinski definition) is 8. The molecule has 0 aliphatic carbocycles. The molecule has 0 saturated carbocycles. The molecule has 2 aliphatic heterocycles. The van der Waals surface area contributed by atoms with Crippen molar-refractivity contribution in [3.8, 4) is 0 Å². The summed E-state index contributed by atoms with van der Waals surface area (Å²) in [5, 5.41) is 19.8. The molecule has 0 bridgehead atoms. The van der Waals surface area contributed by atoms with Crippen molar-refractivity contribution in [3.63, 3.8) is 0 Å². The van der Waals surface area contributed by atoms with E-state index in [0.29, 0.717) is 41.1 Å². The Morgan fingerprint density at radius 1 is 1.21 bits per heavy atom. The largest absolute Gasteiger partial charge is 0.396 e. The fraction of sp³-hybridized carbons (Fsp3) is 0.261. The molecular formula is C23H21N3O6S2. The second-order valence-corrected chi connectivity index (χ2v) is 9.79. The van der Waals surface area contributed by atoms with Crippen molar-refractivity contribution in [3.05, 3.63) is 74.2 Å². The zero-order chi connectivity index (χ0) is 24.2. The molecule has 0 spiro atoms. The first-order chi connectivity index (χ1) is 16.4.